The van der Waals surface area contributed by atoms with Crippen molar-refractivity contribution in [2.75, 3.05) is 20.2 Å². The van der Waals surface area contributed by atoms with Gasteiger partial charge in [0.15, 0.2) is 0 Å². The first-order valence-electron chi connectivity index (χ1n) is 7.20. The molecule has 0 aromatic carbocycles. The van der Waals surface area contributed by atoms with Crippen LogP contribution in [0.2, 0.25) is 0 Å². The third-order valence-corrected chi connectivity index (χ3v) is 4.58. The Labute approximate surface area is 106 Å². The first-order valence-corrected chi connectivity index (χ1v) is 7.20. The number of aliphatic hydroxyl groups excluding tert-OH is 1. The second kappa shape index (κ2) is 5.25. The van der Waals surface area contributed by atoms with Crippen molar-refractivity contribution in [2.24, 2.45) is 5.92 Å². The molecule has 0 bridgehead atoms. The molecule has 0 heterocycles. The predicted octanol–water partition coefficient (Wildman–Crippen LogP) is 1.61. The van der Waals surface area contributed by atoms with Crippen molar-refractivity contribution >= 4 is 0 Å². The first kappa shape index (κ1) is 13.3. The van der Waals surface area contributed by atoms with Gasteiger partial charge < -0.3 is 15.3 Å². The monoisotopic (exact) mass is 240 g/mol. The molecule has 0 aliphatic heterocycles. The van der Waals surface area contributed by atoms with Crippen LogP contribution in [-0.4, -0.2) is 47.8 Å². The van der Waals surface area contributed by atoms with E-state index in [1.54, 1.807) is 0 Å². The molecule has 2 aliphatic rings. The Bertz CT molecular complexity index is 251. The average Bonchev–Trinajstić information content (AvgIpc) is 3.16. The van der Waals surface area contributed by atoms with Crippen LogP contribution in [-0.2, 0) is 0 Å². The van der Waals surface area contributed by atoms with E-state index >= 15 is 0 Å². The van der Waals surface area contributed by atoms with Gasteiger partial charge in [-0.1, -0.05) is 6.92 Å². The molecule has 2 unspecified atom stereocenters. The summed E-state index contributed by atoms with van der Waals surface area (Å²) in [6, 6.07) is 1.27. The highest BCUT2D eigenvalue weighted by Gasteiger charge is 2.47. The van der Waals surface area contributed by atoms with Crippen LogP contribution < -0.4 is 5.32 Å². The lowest BCUT2D eigenvalue weighted by atomic mass is 9.92. The van der Waals surface area contributed by atoms with Crippen LogP contribution in [0.1, 0.15) is 46.0 Å². The van der Waals surface area contributed by atoms with Gasteiger partial charge in [-0.05, 0) is 52.0 Å². The number of aliphatic hydroxyl groups is 1. The fraction of sp³-hybridized carbons (Fsp3) is 1.00. The predicted molar refractivity (Wildman–Crippen MR) is 71.1 cm³/mol. The van der Waals surface area contributed by atoms with E-state index in [2.05, 4.69) is 31.1 Å². The minimum absolute atomic E-state index is 0.0284. The van der Waals surface area contributed by atoms with E-state index in [4.69, 9.17) is 0 Å². The molecule has 0 amide bonds. The average molecular weight is 240 g/mol. The summed E-state index contributed by atoms with van der Waals surface area (Å²) in [5, 5.41) is 13.6. The molecule has 2 rings (SSSR count). The van der Waals surface area contributed by atoms with Crippen molar-refractivity contribution in [1.82, 2.24) is 10.2 Å². The summed E-state index contributed by atoms with van der Waals surface area (Å²) in [7, 11) is 2.19. The highest BCUT2D eigenvalue weighted by molar-refractivity contribution is 5.06. The number of rotatable bonds is 8. The van der Waals surface area contributed by atoms with Crippen molar-refractivity contribution in [3.05, 3.63) is 0 Å². The minimum Gasteiger partial charge on any atom is -0.394 e. The lowest BCUT2D eigenvalue weighted by Gasteiger charge is -2.39. The minimum atomic E-state index is -0.0284. The highest BCUT2D eigenvalue weighted by Crippen LogP contribution is 2.42. The van der Waals surface area contributed by atoms with Crippen molar-refractivity contribution < 1.29 is 5.11 Å². The van der Waals surface area contributed by atoms with Crippen molar-refractivity contribution in [3.63, 3.8) is 0 Å². The van der Waals surface area contributed by atoms with Gasteiger partial charge in [0.25, 0.3) is 0 Å². The molecule has 0 saturated heterocycles. The largest absolute Gasteiger partial charge is 0.394 e. The van der Waals surface area contributed by atoms with Gasteiger partial charge in [-0.2, -0.15) is 0 Å². The zero-order valence-electron chi connectivity index (χ0n) is 11.6. The summed E-state index contributed by atoms with van der Waals surface area (Å²) in [4.78, 5) is 2.41. The van der Waals surface area contributed by atoms with Crippen molar-refractivity contribution in [2.45, 2.75) is 63.6 Å². The van der Waals surface area contributed by atoms with E-state index in [9.17, 15) is 5.11 Å². The Morgan fingerprint density at radius 2 is 2.00 bits per heavy atom. The molecule has 17 heavy (non-hydrogen) atoms. The van der Waals surface area contributed by atoms with Gasteiger partial charge in [0, 0.05) is 18.6 Å². The molecule has 2 atom stereocenters. The summed E-state index contributed by atoms with van der Waals surface area (Å²) < 4.78 is 0. The molecule has 3 nitrogen and oxygen atoms in total. The summed E-state index contributed by atoms with van der Waals surface area (Å²) in [5.74, 6) is 0.694. The molecule has 100 valence electrons. The van der Waals surface area contributed by atoms with Crippen molar-refractivity contribution in [1.29, 1.82) is 0 Å². The second-order valence-corrected chi connectivity index (χ2v) is 6.18. The van der Waals surface area contributed by atoms with Crippen LogP contribution in [0.25, 0.3) is 0 Å². The van der Waals surface area contributed by atoms with Crippen LogP contribution in [0, 0.1) is 5.92 Å². The number of nitrogens with zero attached hydrogens (tertiary/aromatic N) is 1. The summed E-state index contributed by atoms with van der Waals surface area (Å²) in [6.45, 7) is 5.77. The number of hydrogen-bond donors (Lipinski definition) is 2. The zero-order chi connectivity index (χ0) is 12.5. The van der Waals surface area contributed by atoms with E-state index in [-0.39, 0.29) is 12.1 Å². The quantitative estimate of drug-likeness (QED) is 0.676. The molecular weight excluding hydrogens is 212 g/mol. The Morgan fingerprint density at radius 3 is 2.41 bits per heavy atom. The molecule has 2 saturated carbocycles. The van der Waals surface area contributed by atoms with Crippen LogP contribution in [0.5, 0.6) is 0 Å². The standard InChI is InChI=1S/C14H28N2O/c1-4-11(2)16(3)9-14(10-17,12-5-6-12)15-13-7-8-13/h11-13,15,17H,4-10H2,1-3H3. The van der Waals surface area contributed by atoms with Gasteiger partial charge in [0.1, 0.15) is 0 Å². The molecule has 0 aromatic rings. The third kappa shape index (κ3) is 3.21. The van der Waals surface area contributed by atoms with Crippen LogP contribution in [0.4, 0.5) is 0 Å². The van der Waals surface area contributed by atoms with Gasteiger partial charge in [0.05, 0.1) is 12.1 Å². The molecule has 0 spiro atoms. The fourth-order valence-electron chi connectivity index (χ4n) is 2.70. The fourth-order valence-corrected chi connectivity index (χ4v) is 2.70. The maximum atomic E-state index is 9.88. The SMILES string of the molecule is CCC(C)N(C)CC(CO)(NC1CC1)C1CC1. The molecule has 0 aromatic heterocycles. The van der Waals surface area contributed by atoms with Gasteiger partial charge in [0.2, 0.25) is 0 Å². The maximum absolute atomic E-state index is 9.88. The number of likely N-dealkylation sites (N-methyl/N-ethyl adjacent to an activating group) is 1. The van der Waals surface area contributed by atoms with Gasteiger partial charge >= 0.3 is 0 Å². The van der Waals surface area contributed by atoms with Crippen LogP contribution >= 0.6 is 0 Å². The third-order valence-electron chi connectivity index (χ3n) is 4.58. The van der Waals surface area contributed by atoms with Gasteiger partial charge in [-0.25, -0.2) is 0 Å². The summed E-state index contributed by atoms with van der Waals surface area (Å²) >= 11 is 0. The lowest BCUT2D eigenvalue weighted by Crippen LogP contribution is -2.59. The van der Waals surface area contributed by atoms with Gasteiger partial charge in [-0.3, -0.25) is 0 Å². The molecule has 2 aliphatic carbocycles. The number of nitrogens with one attached hydrogen (secondary N) is 1. The van der Waals surface area contributed by atoms with E-state index in [0.29, 0.717) is 18.0 Å². The molecule has 0 radical (unpaired) electrons. The van der Waals surface area contributed by atoms with Crippen molar-refractivity contribution in [3.8, 4) is 0 Å². The topological polar surface area (TPSA) is 35.5 Å². The lowest BCUT2D eigenvalue weighted by molar-refractivity contribution is 0.0843. The zero-order valence-corrected chi connectivity index (χ0v) is 11.6. The molecule has 3 heteroatoms. The Kier molecular flexibility index (Phi) is 4.11. The Hall–Kier alpha value is -0.120. The van der Waals surface area contributed by atoms with E-state index in [1.807, 2.05) is 0 Å². The molecule has 2 fully saturated rings. The summed E-state index contributed by atoms with van der Waals surface area (Å²) in [6.07, 6.45) is 6.33. The molecular formula is C14H28N2O. The Balaban J connectivity index is 1.97. The molecule has 2 N–H and O–H groups in total. The highest BCUT2D eigenvalue weighted by atomic mass is 16.3. The number of hydrogen-bond acceptors (Lipinski definition) is 3. The second-order valence-electron chi connectivity index (χ2n) is 6.18. The van der Waals surface area contributed by atoms with E-state index in [0.717, 1.165) is 6.54 Å². The normalized spacial score (nSPS) is 25.9. The van der Waals surface area contributed by atoms with Gasteiger partial charge in [-0.15, -0.1) is 0 Å². The smallest absolute Gasteiger partial charge is 0.0628 e. The van der Waals surface area contributed by atoms with E-state index < -0.39 is 0 Å². The summed E-state index contributed by atoms with van der Waals surface area (Å²) in [5.41, 5.74) is -0.0284. The van der Waals surface area contributed by atoms with Crippen LogP contribution in [0.15, 0.2) is 0 Å². The maximum Gasteiger partial charge on any atom is 0.0628 e. The van der Waals surface area contributed by atoms with E-state index in [1.165, 1.54) is 32.1 Å². The van der Waals surface area contributed by atoms with Crippen LogP contribution in [0.3, 0.4) is 0 Å². The Morgan fingerprint density at radius 1 is 1.35 bits per heavy atom. The first-order chi connectivity index (χ1) is 8.11.